The summed E-state index contributed by atoms with van der Waals surface area (Å²) >= 11 is 10.9. The van der Waals surface area contributed by atoms with Crippen molar-refractivity contribution < 1.29 is 8.42 Å². The van der Waals surface area contributed by atoms with Gasteiger partial charge < -0.3 is 5.73 Å². The molecule has 0 atom stereocenters. The molecule has 1 heterocycles. The third-order valence-corrected chi connectivity index (χ3v) is 5.00. The molecule has 0 radical (unpaired) electrons. The molecule has 0 fully saturated rings. The minimum Gasteiger partial charge on any atom is -0.389 e. The Kier molecular flexibility index (Phi) is 4.22. The van der Waals surface area contributed by atoms with Gasteiger partial charge >= 0.3 is 0 Å². The number of rotatable bonds is 4. The first-order chi connectivity index (χ1) is 9.72. The van der Waals surface area contributed by atoms with E-state index in [9.17, 15) is 8.42 Å². The zero-order chi connectivity index (χ0) is 15.8. The van der Waals surface area contributed by atoms with E-state index in [1.165, 1.54) is 12.1 Å². The Morgan fingerprint density at radius 1 is 1.43 bits per heavy atom. The minimum atomic E-state index is -3.78. The highest BCUT2D eigenvalue weighted by atomic mass is 35.5. The number of benzene rings is 1. The molecule has 112 valence electrons. The van der Waals surface area contributed by atoms with Gasteiger partial charge in [-0.15, -0.1) is 0 Å². The Morgan fingerprint density at radius 3 is 2.57 bits per heavy atom. The van der Waals surface area contributed by atoms with Crippen LogP contribution in [0.5, 0.6) is 0 Å². The summed E-state index contributed by atoms with van der Waals surface area (Å²) in [6, 6.07) is 4.62. The molecule has 1 aromatic carbocycles. The van der Waals surface area contributed by atoms with Crippen molar-refractivity contribution in [3.8, 4) is 0 Å². The van der Waals surface area contributed by atoms with Gasteiger partial charge in [-0.2, -0.15) is 5.10 Å². The van der Waals surface area contributed by atoms with Gasteiger partial charge in [-0.3, -0.25) is 9.82 Å². The topological polar surface area (TPSA) is 101 Å². The number of thiocarbonyl (C=S) groups is 1. The molecule has 21 heavy (non-hydrogen) atoms. The van der Waals surface area contributed by atoms with Crippen molar-refractivity contribution in [1.29, 1.82) is 0 Å². The Morgan fingerprint density at radius 2 is 2.10 bits per heavy atom. The maximum Gasteiger partial charge on any atom is 0.265 e. The van der Waals surface area contributed by atoms with Crippen LogP contribution in [0.3, 0.4) is 0 Å². The van der Waals surface area contributed by atoms with Gasteiger partial charge in [0.15, 0.2) is 0 Å². The Hall–Kier alpha value is -1.64. The van der Waals surface area contributed by atoms with E-state index in [4.69, 9.17) is 29.6 Å². The van der Waals surface area contributed by atoms with Crippen molar-refractivity contribution in [1.82, 2.24) is 10.2 Å². The number of H-pyrrole nitrogens is 1. The summed E-state index contributed by atoms with van der Waals surface area (Å²) in [7, 11) is -3.78. The van der Waals surface area contributed by atoms with E-state index >= 15 is 0 Å². The lowest BCUT2D eigenvalue weighted by Crippen LogP contribution is -2.15. The molecular formula is C12H13ClN4O2S2. The molecule has 0 amide bonds. The van der Waals surface area contributed by atoms with Crippen molar-refractivity contribution in [2.75, 3.05) is 4.72 Å². The second kappa shape index (κ2) is 5.63. The lowest BCUT2D eigenvalue weighted by Gasteiger charge is -2.10. The highest BCUT2D eigenvalue weighted by Crippen LogP contribution is 2.27. The summed E-state index contributed by atoms with van der Waals surface area (Å²) in [4.78, 5) is 0.296. The van der Waals surface area contributed by atoms with Crippen molar-refractivity contribution in [3.63, 3.8) is 0 Å². The average Bonchev–Trinajstić information content (AvgIpc) is 2.71. The first-order valence-electron chi connectivity index (χ1n) is 5.86. The third-order valence-electron chi connectivity index (χ3n) is 2.83. The van der Waals surface area contributed by atoms with Crippen LogP contribution < -0.4 is 10.5 Å². The maximum absolute atomic E-state index is 12.4. The van der Waals surface area contributed by atoms with E-state index in [1.54, 1.807) is 19.9 Å². The molecule has 0 aliphatic carbocycles. The number of anilines is 1. The van der Waals surface area contributed by atoms with E-state index in [0.29, 0.717) is 17.0 Å². The van der Waals surface area contributed by atoms with Crippen LogP contribution >= 0.6 is 23.8 Å². The fourth-order valence-electron chi connectivity index (χ4n) is 1.88. The zero-order valence-corrected chi connectivity index (χ0v) is 13.7. The number of sulfonamides is 1. The number of hydrogen-bond acceptors (Lipinski definition) is 4. The first kappa shape index (κ1) is 15.7. The summed E-state index contributed by atoms with van der Waals surface area (Å²) < 4.78 is 27.2. The van der Waals surface area contributed by atoms with E-state index in [2.05, 4.69) is 14.9 Å². The second-order valence-electron chi connectivity index (χ2n) is 4.43. The van der Waals surface area contributed by atoms with Crippen molar-refractivity contribution in [3.05, 3.63) is 40.2 Å². The summed E-state index contributed by atoms with van der Waals surface area (Å²) in [5, 5.41) is 6.72. The normalized spacial score (nSPS) is 11.4. The fourth-order valence-corrected chi connectivity index (χ4v) is 3.75. The lowest BCUT2D eigenvalue weighted by molar-refractivity contribution is 0.600. The highest BCUT2D eigenvalue weighted by Gasteiger charge is 2.23. The van der Waals surface area contributed by atoms with Crippen molar-refractivity contribution >= 4 is 44.5 Å². The molecule has 0 aliphatic rings. The van der Waals surface area contributed by atoms with Gasteiger partial charge in [0, 0.05) is 5.56 Å². The number of nitrogens with zero attached hydrogens (tertiary/aromatic N) is 1. The van der Waals surface area contributed by atoms with Gasteiger partial charge in [-0.25, -0.2) is 8.42 Å². The summed E-state index contributed by atoms with van der Waals surface area (Å²) in [6.45, 7) is 3.24. The Balaban J connectivity index is 2.40. The SMILES string of the molecule is Cc1n[nH]c(C)c1S(=O)(=O)Nc1ccc(C(N)=S)cc1Cl. The van der Waals surface area contributed by atoms with Crippen molar-refractivity contribution in [2.45, 2.75) is 18.7 Å². The zero-order valence-electron chi connectivity index (χ0n) is 11.3. The molecule has 2 aromatic rings. The second-order valence-corrected chi connectivity index (χ2v) is 6.89. The van der Waals surface area contributed by atoms with Crippen LogP contribution in [0.2, 0.25) is 5.02 Å². The minimum absolute atomic E-state index is 0.108. The maximum atomic E-state index is 12.4. The van der Waals surface area contributed by atoms with Crippen LogP contribution in [0, 0.1) is 13.8 Å². The fraction of sp³-hybridized carbons (Fsp3) is 0.167. The smallest absolute Gasteiger partial charge is 0.265 e. The molecule has 0 saturated carbocycles. The number of aromatic nitrogens is 2. The van der Waals surface area contributed by atoms with Gasteiger partial charge in [0.2, 0.25) is 0 Å². The van der Waals surface area contributed by atoms with Gasteiger partial charge in [0.05, 0.1) is 22.1 Å². The number of nitrogens with one attached hydrogen (secondary N) is 2. The summed E-state index contributed by atoms with van der Waals surface area (Å²) in [6.07, 6.45) is 0. The molecule has 0 unspecified atom stereocenters. The van der Waals surface area contributed by atoms with Gasteiger partial charge in [0.25, 0.3) is 10.0 Å². The molecule has 6 nitrogen and oxygen atoms in total. The number of nitrogens with two attached hydrogens (primary N) is 1. The molecule has 2 rings (SSSR count). The number of hydrogen-bond donors (Lipinski definition) is 3. The van der Waals surface area contributed by atoms with Gasteiger partial charge in [-0.1, -0.05) is 23.8 Å². The first-order valence-corrected chi connectivity index (χ1v) is 8.13. The number of aryl methyl sites for hydroxylation is 2. The molecule has 0 spiro atoms. The molecule has 0 saturated heterocycles. The monoisotopic (exact) mass is 344 g/mol. The van der Waals surface area contributed by atoms with E-state index in [-0.39, 0.29) is 20.6 Å². The highest BCUT2D eigenvalue weighted by molar-refractivity contribution is 7.92. The quantitative estimate of drug-likeness (QED) is 0.737. The van der Waals surface area contributed by atoms with Crippen LogP contribution in [0.4, 0.5) is 5.69 Å². The Bertz CT molecular complexity index is 795. The van der Waals surface area contributed by atoms with Crippen LogP contribution in [0.15, 0.2) is 23.1 Å². The third kappa shape index (κ3) is 3.17. The number of halogens is 1. The standard InChI is InChI=1S/C12H13ClN4O2S2/c1-6-11(7(2)16-15-6)21(18,19)17-10-4-3-8(12(14)20)5-9(10)13/h3-5,17H,1-2H3,(H2,14,20)(H,15,16). The summed E-state index contributed by atoms with van der Waals surface area (Å²) in [5.41, 5.74) is 7.15. The largest absolute Gasteiger partial charge is 0.389 e. The van der Waals surface area contributed by atoms with Crippen LogP contribution in [0.25, 0.3) is 0 Å². The van der Waals surface area contributed by atoms with E-state index in [1.807, 2.05) is 0 Å². The van der Waals surface area contributed by atoms with E-state index < -0.39 is 10.0 Å². The molecule has 9 heteroatoms. The van der Waals surface area contributed by atoms with Crippen LogP contribution in [0.1, 0.15) is 17.0 Å². The molecule has 0 aliphatic heterocycles. The predicted molar refractivity (Wildman–Crippen MR) is 86.2 cm³/mol. The van der Waals surface area contributed by atoms with E-state index in [0.717, 1.165) is 0 Å². The summed E-state index contributed by atoms with van der Waals surface area (Å²) in [5.74, 6) is 0. The lowest BCUT2D eigenvalue weighted by atomic mass is 10.2. The molecule has 4 N–H and O–H groups in total. The Labute approximate surface area is 132 Å². The molecule has 0 bridgehead atoms. The van der Waals surface area contributed by atoms with Crippen molar-refractivity contribution in [2.24, 2.45) is 5.73 Å². The van der Waals surface area contributed by atoms with Gasteiger partial charge in [0.1, 0.15) is 9.88 Å². The van der Waals surface area contributed by atoms with Crippen LogP contribution in [-0.2, 0) is 10.0 Å². The molecular weight excluding hydrogens is 332 g/mol. The van der Waals surface area contributed by atoms with Gasteiger partial charge in [-0.05, 0) is 32.0 Å². The predicted octanol–water partition coefficient (Wildman–Crippen LogP) is 2.11. The molecule has 1 aromatic heterocycles. The van der Waals surface area contributed by atoms with Crippen LogP contribution in [-0.4, -0.2) is 23.6 Å². The number of aromatic amines is 1. The average molecular weight is 345 g/mol.